The van der Waals surface area contributed by atoms with Gasteiger partial charge in [0.05, 0.1) is 11.0 Å². The molecule has 0 aromatic heterocycles. The molecule has 0 bridgehead atoms. The smallest absolute Gasteiger partial charge is 0.240 e. The molecule has 1 aliphatic carbocycles. The lowest BCUT2D eigenvalue weighted by Crippen LogP contribution is -2.44. The summed E-state index contributed by atoms with van der Waals surface area (Å²) in [6.07, 6.45) is 3.29. The van der Waals surface area contributed by atoms with Crippen LogP contribution < -0.4 is 4.72 Å². The number of rotatable bonds is 4. The Balaban J connectivity index is 1.45. The van der Waals surface area contributed by atoms with E-state index in [0.29, 0.717) is 24.3 Å². The predicted molar refractivity (Wildman–Crippen MR) is 122 cm³/mol. The minimum atomic E-state index is -3.55. The highest BCUT2D eigenvalue weighted by Gasteiger charge is 2.36. The molecule has 1 fully saturated rings. The minimum absolute atomic E-state index is 0.0716. The summed E-state index contributed by atoms with van der Waals surface area (Å²) in [6, 6.07) is 25.7. The molecule has 3 aromatic rings. The molecule has 5 rings (SSSR count). The van der Waals surface area contributed by atoms with Crippen molar-refractivity contribution in [2.45, 2.75) is 48.6 Å². The zero-order chi connectivity index (χ0) is 21.3. The Morgan fingerprint density at radius 1 is 0.774 bits per heavy atom. The molecule has 1 saturated heterocycles. The summed E-state index contributed by atoms with van der Waals surface area (Å²) >= 11 is 0. The molecule has 1 aliphatic heterocycles. The molecule has 2 atom stereocenters. The molecule has 0 amide bonds. The van der Waals surface area contributed by atoms with Gasteiger partial charge in [0.2, 0.25) is 10.0 Å². The Labute approximate surface area is 184 Å². The zero-order valence-corrected chi connectivity index (χ0v) is 18.2. The fourth-order valence-electron chi connectivity index (χ4n) is 5.02. The number of ether oxygens (including phenoxy) is 1. The third kappa shape index (κ3) is 4.18. The maximum absolute atomic E-state index is 12.9. The van der Waals surface area contributed by atoms with Crippen LogP contribution in [0.5, 0.6) is 0 Å². The van der Waals surface area contributed by atoms with Crippen molar-refractivity contribution in [3.63, 3.8) is 0 Å². The Hall–Kier alpha value is -2.47. The second kappa shape index (κ2) is 8.58. The van der Waals surface area contributed by atoms with Gasteiger partial charge >= 0.3 is 0 Å². The third-order valence-corrected chi connectivity index (χ3v) is 8.04. The van der Waals surface area contributed by atoms with E-state index >= 15 is 0 Å². The number of hydrogen-bond donors (Lipinski definition) is 1. The second-order valence-electron chi connectivity index (χ2n) is 8.44. The van der Waals surface area contributed by atoms with Crippen molar-refractivity contribution in [1.82, 2.24) is 4.72 Å². The first kappa shape index (κ1) is 20.4. The highest BCUT2D eigenvalue weighted by molar-refractivity contribution is 7.89. The molecule has 0 radical (unpaired) electrons. The van der Waals surface area contributed by atoms with Crippen LogP contribution >= 0.6 is 0 Å². The Morgan fingerprint density at radius 3 is 2.00 bits per heavy atom. The SMILES string of the molecule is O=S(=O)(NC1CCOC(C2c3ccccc3CCc3ccccc32)C1)c1ccccc1. The number of aryl methyl sites for hydroxylation is 2. The maximum atomic E-state index is 12.9. The predicted octanol–water partition coefficient (Wildman–Crippen LogP) is 4.44. The number of nitrogens with one attached hydrogen (secondary N) is 1. The number of hydrogen-bond acceptors (Lipinski definition) is 3. The average Bonchev–Trinajstić information content (AvgIpc) is 2.96. The van der Waals surface area contributed by atoms with E-state index < -0.39 is 10.0 Å². The lowest BCUT2D eigenvalue weighted by atomic mass is 9.80. The van der Waals surface area contributed by atoms with E-state index in [1.807, 2.05) is 6.07 Å². The van der Waals surface area contributed by atoms with Gasteiger partial charge in [0.1, 0.15) is 0 Å². The zero-order valence-electron chi connectivity index (χ0n) is 17.4. The maximum Gasteiger partial charge on any atom is 0.240 e. The van der Waals surface area contributed by atoms with Crippen LogP contribution in [0.1, 0.15) is 41.0 Å². The highest BCUT2D eigenvalue weighted by Crippen LogP contribution is 2.40. The number of benzene rings is 3. The van der Waals surface area contributed by atoms with Crippen molar-refractivity contribution >= 4 is 10.0 Å². The summed E-state index contributed by atoms with van der Waals surface area (Å²) in [4.78, 5) is 0.309. The third-order valence-electron chi connectivity index (χ3n) is 6.51. The monoisotopic (exact) mass is 433 g/mol. The molecule has 5 heteroatoms. The van der Waals surface area contributed by atoms with E-state index in [9.17, 15) is 8.42 Å². The van der Waals surface area contributed by atoms with Gasteiger partial charge < -0.3 is 4.74 Å². The summed E-state index contributed by atoms with van der Waals surface area (Å²) in [6.45, 7) is 0.549. The first-order valence-electron chi connectivity index (χ1n) is 11.0. The summed E-state index contributed by atoms with van der Waals surface area (Å²) < 4.78 is 35.0. The van der Waals surface area contributed by atoms with Crippen LogP contribution in [0.4, 0.5) is 0 Å². The molecule has 0 saturated carbocycles. The number of fused-ring (bicyclic) bond motifs is 2. The van der Waals surface area contributed by atoms with Crippen LogP contribution in [0.15, 0.2) is 83.8 Å². The summed E-state index contributed by atoms with van der Waals surface area (Å²) in [7, 11) is -3.55. The van der Waals surface area contributed by atoms with Gasteiger partial charge in [-0.25, -0.2) is 13.1 Å². The van der Waals surface area contributed by atoms with E-state index in [1.165, 1.54) is 22.3 Å². The van der Waals surface area contributed by atoms with Crippen molar-refractivity contribution in [3.05, 3.63) is 101 Å². The fourth-order valence-corrected chi connectivity index (χ4v) is 6.33. The molecule has 2 aliphatic rings. The molecular weight excluding hydrogens is 406 g/mol. The van der Waals surface area contributed by atoms with Gasteiger partial charge in [-0.3, -0.25) is 0 Å². The average molecular weight is 434 g/mol. The van der Waals surface area contributed by atoms with E-state index in [-0.39, 0.29) is 18.1 Å². The Morgan fingerprint density at radius 2 is 1.35 bits per heavy atom. The van der Waals surface area contributed by atoms with E-state index in [1.54, 1.807) is 24.3 Å². The molecule has 2 unspecified atom stereocenters. The van der Waals surface area contributed by atoms with E-state index in [2.05, 4.69) is 53.3 Å². The summed E-state index contributed by atoms with van der Waals surface area (Å²) in [5, 5.41) is 0. The molecule has 3 aromatic carbocycles. The molecule has 1 heterocycles. The quantitative estimate of drug-likeness (QED) is 0.662. The first-order valence-corrected chi connectivity index (χ1v) is 12.4. The minimum Gasteiger partial charge on any atom is -0.377 e. The van der Waals surface area contributed by atoms with E-state index in [0.717, 1.165) is 12.8 Å². The van der Waals surface area contributed by atoms with Crippen LogP contribution in [0.3, 0.4) is 0 Å². The van der Waals surface area contributed by atoms with Crippen molar-refractivity contribution < 1.29 is 13.2 Å². The van der Waals surface area contributed by atoms with Crippen LogP contribution in [-0.2, 0) is 27.6 Å². The Bertz CT molecular complexity index is 1110. The van der Waals surface area contributed by atoms with Crippen molar-refractivity contribution in [2.75, 3.05) is 6.61 Å². The van der Waals surface area contributed by atoms with Gasteiger partial charge in [0.15, 0.2) is 0 Å². The van der Waals surface area contributed by atoms with Gasteiger partial charge in [-0.1, -0.05) is 66.7 Å². The molecule has 160 valence electrons. The van der Waals surface area contributed by atoms with E-state index in [4.69, 9.17) is 4.74 Å². The summed E-state index contributed by atoms with van der Waals surface area (Å²) in [5.41, 5.74) is 5.34. The molecule has 31 heavy (non-hydrogen) atoms. The highest BCUT2D eigenvalue weighted by atomic mass is 32.2. The van der Waals surface area contributed by atoms with Gasteiger partial charge in [-0.2, -0.15) is 0 Å². The molecule has 4 nitrogen and oxygen atoms in total. The topological polar surface area (TPSA) is 55.4 Å². The van der Waals surface area contributed by atoms with Crippen LogP contribution in [0.2, 0.25) is 0 Å². The summed E-state index contributed by atoms with van der Waals surface area (Å²) in [5.74, 6) is 0.110. The van der Waals surface area contributed by atoms with Gasteiger partial charge in [0.25, 0.3) is 0 Å². The van der Waals surface area contributed by atoms with Crippen LogP contribution in [-0.4, -0.2) is 27.2 Å². The molecular formula is C26H27NO3S. The first-order chi connectivity index (χ1) is 15.1. The van der Waals surface area contributed by atoms with Crippen molar-refractivity contribution in [3.8, 4) is 0 Å². The normalized spacial score (nSPS) is 21.7. The van der Waals surface area contributed by atoms with Gasteiger partial charge in [-0.15, -0.1) is 0 Å². The largest absolute Gasteiger partial charge is 0.377 e. The van der Waals surface area contributed by atoms with Crippen LogP contribution in [0, 0.1) is 0 Å². The van der Waals surface area contributed by atoms with Crippen molar-refractivity contribution in [1.29, 1.82) is 0 Å². The van der Waals surface area contributed by atoms with Crippen molar-refractivity contribution in [2.24, 2.45) is 0 Å². The van der Waals surface area contributed by atoms with Gasteiger partial charge in [0, 0.05) is 18.6 Å². The van der Waals surface area contributed by atoms with Gasteiger partial charge in [-0.05, 0) is 60.1 Å². The molecule has 1 N–H and O–H groups in total. The number of sulfonamides is 1. The standard InChI is InChI=1S/C26H27NO3S/c28-31(29,22-10-2-1-3-11-22)27-21-16-17-30-25(18-21)26-23-12-6-4-8-19(23)14-15-20-9-5-7-13-24(20)26/h1-13,21,25-27H,14-18H2. The molecule has 0 spiro atoms. The Kier molecular flexibility index (Phi) is 5.65. The van der Waals surface area contributed by atoms with Crippen LogP contribution in [0.25, 0.3) is 0 Å². The fraction of sp³-hybridized carbons (Fsp3) is 0.308. The second-order valence-corrected chi connectivity index (χ2v) is 10.2. The lowest BCUT2D eigenvalue weighted by molar-refractivity contribution is -0.00397. The lowest BCUT2D eigenvalue weighted by Gasteiger charge is -2.36.